The topological polar surface area (TPSA) is 170 Å². The van der Waals surface area contributed by atoms with Crippen LogP contribution < -0.4 is 10.2 Å². The molecule has 0 saturated heterocycles. The summed E-state index contributed by atoms with van der Waals surface area (Å²) in [5.41, 5.74) is 0.244. The number of hydrogen-bond donors (Lipinski definition) is 0. The van der Waals surface area contributed by atoms with Gasteiger partial charge in [-0.3, -0.25) is 0 Å². The van der Waals surface area contributed by atoms with Gasteiger partial charge >= 0.3 is 40.8 Å². The van der Waals surface area contributed by atoms with Crippen LogP contribution in [0.5, 0.6) is 0 Å². The van der Waals surface area contributed by atoms with Crippen LogP contribution in [0.15, 0.2) is 70.9 Å². The van der Waals surface area contributed by atoms with E-state index < -0.39 is 23.0 Å². The minimum Gasteiger partial charge on any atom is -0.758 e. The average Bonchev–Trinajstić information content (AvgIpc) is 2.87. The number of ether oxygens (including phenoxy) is 4. The SMILES string of the molecule is CC(=O)[O-].CC(=O)[O-].COC1=C[C]/C(=C\N([O-])C(C)(C)C)C(OC)=C1.COC1=C[C]/C(=C\N([O-])C(C)(C)C)C(OC)=C1.[Pd+2].[Pd+2]. The molecule has 0 N–H and O–H groups in total. The second-order valence-electron chi connectivity index (χ2n) is 10.3. The molecule has 2 aliphatic carbocycles. The zero-order valence-corrected chi connectivity index (χ0v) is 30.2. The Labute approximate surface area is 289 Å². The Balaban J connectivity index is -0.000000282. The van der Waals surface area contributed by atoms with Gasteiger partial charge in [-0.2, -0.15) is 0 Å². The molecule has 12 nitrogen and oxygen atoms in total. The molecule has 2 aliphatic rings. The maximum absolute atomic E-state index is 11.8. The van der Waals surface area contributed by atoms with Gasteiger partial charge in [0.1, 0.15) is 23.0 Å². The van der Waals surface area contributed by atoms with E-state index in [-0.39, 0.29) is 40.8 Å². The van der Waals surface area contributed by atoms with E-state index in [1.165, 1.54) is 12.4 Å². The van der Waals surface area contributed by atoms with Crippen molar-refractivity contribution in [3.8, 4) is 0 Å². The number of carboxylic acid groups (broad SMARTS) is 2. The molecule has 0 saturated carbocycles. The number of rotatable bonds is 6. The van der Waals surface area contributed by atoms with Gasteiger partial charge in [0.2, 0.25) is 0 Å². The molecule has 0 aliphatic heterocycles. The van der Waals surface area contributed by atoms with Crippen LogP contribution in [0.4, 0.5) is 0 Å². The molecular weight excluding hydrogens is 761 g/mol. The molecule has 14 heteroatoms. The third-order valence-corrected chi connectivity index (χ3v) is 4.54. The molecule has 0 fully saturated rings. The second kappa shape index (κ2) is 23.8. The number of carboxylic acids is 2. The summed E-state index contributed by atoms with van der Waals surface area (Å²) in [7, 11) is 6.24. The first-order chi connectivity index (χ1) is 19.2. The summed E-state index contributed by atoms with van der Waals surface area (Å²) >= 11 is 0. The summed E-state index contributed by atoms with van der Waals surface area (Å²) in [5, 5.41) is 43.2. The van der Waals surface area contributed by atoms with Crippen LogP contribution in [-0.2, 0) is 69.4 Å². The van der Waals surface area contributed by atoms with Gasteiger partial charge < -0.3 is 59.3 Å². The summed E-state index contributed by atoms with van der Waals surface area (Å²) < 4.78 is 20.5. The predicted molar refractivity (Wildman–Crippen MR) is 154 cm³/mol. The molecule has 2 rings (SSSR count). The van der Waals surface area contributed by atoms with E-state index in [0.717, 1.165) is 24.0 Å². The maximum Gasteiger partial charge on any atom is 2.00 e. The predicted octanol–water partition coefficient (Wildman–Crippen LogP) is 2.76. The van der Waals surface area contributed by atoms with Crippen LogP contribution in [0.25, 0.3) is 0 Å². The molecule has 0 aromatic heterocycles. The maximum atomic E-state index is 11.8. The van der Waals surface area contributed by atoms with Gasteiger partial charge in [-0.15, -0.1) is 0 Å². The van der Waals surface area contributed by atoms with E-state index in [4.69, 9.17) is 38.7 Å². The van der Waals surface area contributed by atoms with Crippen molar-refractivity contribution >= 4 is 11.9 Å². The van der Waals surface area contributed by atoms with Gasteiger partial charge in [0.15, 0.2) is 0 Å². The molecule has 0 atom stereocenters. The first-order valence-electron chi connectivity index (χ1n) is 12.5. The quantitative estimate of drug-likeness (QED) is 0.285. The minimum absolute atomic E-state index is 0. The Kier molecular flexibility index (Phi) is 26.1. The van der Waals surface area contributed by atoms with E-state index in [0.29, 0.717) is 34.2 Å². The number of nitrogens with zero attached hydrogens (tertiary/aromatic N) is 2. The fourth-order valence-corrected chi connectivity index (χ4v) is 2.33. The largest absolute Gasteiger partial charge is 2.00 e. The fourth-order valence-electron chi connectivity index (χ4n) is 2.33. The number of allylic oxidation sites excluding steroid dienone is 6. The normalized spacial score (nSPS) is 15.5. The zero-order valence-electron chi connectivity index (χ0n) is 27.1. The van der Waals surface area contributed by atoms with Crippen molar-refractivity contribution in [1.82, 2.24) is 10.1 Å². The van der Waals surface area contributed by atoms with Crippen molar-refractivity contribution < 1.29 is 79.6 Å². The van der Waals surface area contributed by atoms with Crippen LogP contribution in [0.1, 0.15) is 55.4 Å². The van der Waals surface area contributed by atoms with Gasteiger partial charge in [0.05, 0.1) is 41.3 Å². The van der Waals surface area contributed by atoms with E-state index >= 15 is 0 Å². The summed E-state index contributed by atoms with van der Waals surface area (Å²) in [5.74, 6) is 0.253. The van der Waals surface area contributed by atoms with E-state index in [2.05, 4.69) is 12.8 Å². The van der Waals surface area contributed by atoms with Gasteiger partial charge in [-0.1, -0.05) is 0 Å². The van der Waals surface area contributed by atoms with Crippen LogP contribution >= 0.6 is 0 Å². The van der Waals surface area contributed by atoms with Crippen LogP contribution in [-0.4, -0.2) is 61.6 Å². The molecule has 44 heavy (non-hydrogen) atoms. The van der Waals surface area contributed by atoms with Crippen molar-refractivity contribution in [2.24, 2.45) is 0 Å². The van der Waals surface area contributed by atoms with E-state index in [1.807, 2.05) is 41.5 Å². The molecule has 0 aromatic rings. The van der Waals surface area contributed by atoms with Crippen molar-refractivity contribution in [1.29, 1.82) is 0 Å². The molecule has 0 unspecified atom stereocenters. The first-order valence-corrected chi connectivity index (χ1v) is 12.5. The van der Waals surface area contributed by atoms with Gasteiger partial charge in [-0.25, -0.2) is 0 Å². The Morgan fingerprint density at radius 1 is 0.659 bits per heavy atom. The van der Waals surface area contributed by atoms with Crippen molar-refractivity contribution in [3.63, 3.8) is 0 Å². The summed E-state index contributed by atoms with van der Waals surface area (Å²) in [6, 6.07) is 0. The van der Waals surface area contributed by atoms with Crippen LogP contribution in [0, 0.1) is 23.3 Å². The summed E-state index contributed by atoms with van der Waals surface area (Å²) in [4.78, 5) is 17.8. The van der Waals surface area contributed by atoms with Crippen molar-refractivity contribution in [2.45, 2.75) is 66.5 Å². The molecule has 252 valence electrons. The Morgan fingerprint density at radius 3 is 1.09 bits per heavy atom. The van der Waals surface area contributed by atoms with Gasteiger partial charge in [0, 0.05) is 46.3 Å². The van der Waals surface area contributed by atoms with Crippen LogP contribution in [0.3, 0.4) is 0 Å². The monoisotopic (exact) mass is 802 g/mol. The van der Waals surface area contributed by atoms with Crippen molar-refractivity contribution in [2.75, 3.05) is 28.4 Å². The van der Waals surface area contributed by atoms with Gasteiger partial charge in [-0.05, 0) is 79.9 Å². The standard InChI is InChI=1S/2C13H18NO3.2C2H4O2.2Pd/c2*1-13(2,3)14(15)9-10-6-7-11(16-4)8-12(10)17-5;2*1-2(3)4;;/h2*7-9H,1-5H3;2*1H3,(H,3,4);;/q2*-1;;;2*+2/p-2/b2*10-9+;;;;. The molecule has 0 spiro atoms. The smallest absolute Gasteiger partial charge is 0.758 e. The molecular formula is C30H42N2O10Pd2. The number of hydrogen-bond acceptors (Lipinski definition) is 12. The number of hydroxylamine groups is 4. The summed E-state index contributed by atoms with van der Waals surface area (Å²) in [6.07, 6.45) is 15.7. The Morgan fingerprint density at radius 2 is 0.909 bits per heavy atom. The molecule has 0 heterocycles. The molecule has 0 amide bonds. The number of carbonyl (C=O) groups excluding carboxylic acids is 2. The molecule has 4 radical (unpaired) electrons. The third-order valence-electron chi connectivity index (χ3n) is 4.54. The molecule has 0 aromatic carbocycles. The van der Waals surface area contributed by atoms with E-state index in [1.54, 1.807) is 52.7 Å². The van der Waals surface area contributed by atoms with Crippen LogP contribution in [0.2, 0.25) is 0 Å². The first kappa shape index (κ1) is 48.3. The zero-order chi connectivity index (χ0) is 33.3. The third kappa shape index (κ3) is 22.0. The fraction of sp³-hybridized carbons (Fsp3) is 0.467. The average molecular weight is 804 g/mol. The summed E-state index contributed by atoms with van der Waals surface area (Å²) in [6.45, 7) is 13.0. The number of methoxy groups -OCH3 is 4. The van der Waals surface area contributed by atoms with E-state index in [9.17, 15) is 10.4 Å². The molecule has 0 bridgehead atoms. The second-order valence-corrected chi connectivity index (χ2v) is 10.3. The number of aliphatic carboxylic acids is 2. The number of carbonyl (C=O) groups is 2. The van der Waals surface area contributed by atoms with Crippen molar-refractivity contribution in [3.05, 3.63) is 94.1 Å². The Bertz CT molecular complexity index is 975. The Hall–Kier alpha value is -2.58. The minimum atomic E-state index is -1.08. The van der Waals surface area contributed by atoms with Gasteiger partial charge in [0.25, 0.3) is 0 Å².